The summed E-state index contributed by atoms with van der Waals surface area (Å²) in [7, 11) is 0. The number of rotatable bonds is 6. The quantitative estimate of drug-likeness (QED) is 0.886. The van der Waals surface area contributed by atoms with Crippen LogP contribution in [-0.4, -0.2) is 41.1 Å². The van der Waals surface area contributed by atoms with Crippen molar-refractivity contribution in [3.8, 4) is 11.3 Å². The summed E-state index contributed by atoms with van der Waals surface area (Å²) in [6.45, 7) is 6.36. The Balaban J connectivity index is 1.82. The first kappa shape index (κ1) is 16.7. The van der Waals surface area contributed by atoms with E-state index in [9.17, 15) is 4.79 Å². The number of nitrogens with one attached hydrogen (secondary N) is 1. The third kappa shape index (κ3) is 3.22. The van der Waals surface area contributed by atoms with E-state index in [1.165, 1.54) is 0 Å². The first-order valence-corrected chi connectivity index (χ1v) is 8.74. The van der Waals surface area contributed by atoms with Gasteiger partial charge in [0.15, 0.2) is 0 Å². The molecule has 1 amide bonds. The van der Waals surface area contributed by atoms with E-state index in [-0.39, 0.29) is 5.91 Å². The number of hydrogen-bond donors (Lipinski definition) is 1. The van der Waals surface area contributed by atoms with Gasteiger partial charge in [0, 0.05) is 31.1 Å². The van der Waals surface area contributed by atoms with Gasteiger partial charge in [-0.05, 0) is 33.2 Å². The minimum Gasteiger partial charge on any atom is -0.361 e. The van der Waals surface area contributed by atoms with E-state index in [0.717, 1.165) is 49.5 Å². The van der Waals surface area contributed by atoms with Gasteiger partial charge >= 0.3 is 0 Å². The molecule has 0 bridgehead atoms. The first-order valence-electron chi connectivity index (χ1n) is 8.74. The lowest BCUT2D eigenvalue weighted by molar-refractivity contribution is -0.137. The van der Waals surface area contributed by atoms with Crippen molar-refractivity contribution in [3.05, 3.63) is 42.2 Å². The smallest absolute Gasteiger partial charge is 0.243 e. The van der Waals surface area contributed by atoms with E-state index in [0.29, 0.717) is 6.42 Å². The molecule has 128 valence electrons. The summed E-state index contributed by atoms with van der Waals surface area (Å²) in [4.78, 5) is 14.9. The van der Waals surface area contributed by atoms with Crippen LogP contribution in [0.15, 0.2) is 40.9 Å². The highest BCUT2D eigenvalue weighted by Gasteiger charge is 2.43. The molecule has 1 aliphatic heterocycles. The van der Waals surface area contributed by atoms with Crippen LogP contribution in [0.4, 0.5) is 0 Å². The molecule has 3 rings (SSSR count). The molecule has 0 spiro atoms. The fourth-order valence-corrected chi connectivity index (χ4v) is 3.47. The molecule has 24 heavy (non-hydrogen) atoms. The average molecular weight is 327 g/mol. The molecule has 0 radical (unpaired) electrons. The van der Waals surface area contributed by atoms with Crippen LogP contribution >= 0.6 is 0 Å². The average Bonchev–Trinajstić information content (AvgIpc) is 3.27. The Bertz CT molecular complexity index is 671. The van der Waals surface area contributed by atoms with Gasteiger partial charge in [0.25, 0.3) is 0 Å². The molecule has 2 heterocycles. The minimum absolute atomic E-state index is 0.169. The van der Waals surface area contributed by atoms with Crippen molar-refractivity contribution < 1.29 is 9.32 Å². The molecule has 1 N–H and O–H groups in total. The van der Waals surface area contributed by atoms with Crippen molar-refractivity contribution in [2.45, 2.75) is 38.6 Å². The number of likely N-dealkylation sites (N-methyl/N-ethyl adjacent to an activating group) is 1. The molecule has 0 unspecified atom stereocenters. The molecule has 5 nitrogen and oxygen atoms in total. The molecule has 1 aliphatic rings. The lowest BCUT2D eigenvalue weighted by Gasteiger charge is -2.33. The Morgan fingerprint density at radius 1 is 1.29 bits per heavy atom. The van der Waals surface area contributed by atoms with E-state index < -0.39 is 5.54 Å². The summed E-state index contributed by atoms with van der Waals surface area (Å²) in [6, 6.07) is 11.9. The third-order valence-electron chi connectivity index (χ3n) is 4.81. The topological polar surface area (TPSA) is 58.4 Å². The second-order valence-corrected chi connectivity index (χ2v) is 6.31. The van der Waals surface area contributed by atoms with Crippen LogP contribution in [0.3, 0.4) is 0 Å². The van der Waals surface area contributed by atoms with Crippen molar-refractivity contribution in [2.24, 2.45) is 0 Å². The van der Waals surface area contributed by atoms with Gasteiger partial charge in [0.05, 0.1) is 0 Å². The summed E-state index contributed by atoms with van der Waals surface area (Å²) in [5, 5.41) is 7.61. The summed E-state index contributed by atoms with van der Waals surface area (Å²) in [5.41, 5.74) is 1.28. The van der Waals surface area contributed by atoms with Crippen LogP contribution in [0.5, 0.6) is 0 Å². The maximum atomic E-state index is 13.0. The predicted octanol–water partition coefficient (Wildman–Crippen LogP) is 2.87. The van der Waals surface area contributed by atoms with Crippen molar-refractivity contribution >= 4 is 5.91 Å². The molecule has 1 fully saturated rings. The molecule has 2 aromatic rings. The van der Waals surface area contributed by atoms with Crippen molar-refractivity contribution in [1.29, 1.82) is 0 Å². The van der Waals surface area contributed by atoms with Crippen LogP contribution < -0.4 is 5.32 Å². The zero-order valence-electron chi connectivity index (χ0n) is 14.4. The van der Waals surface area contributed by atoms with Gasteiger partial charge in [-0.25, -0.2) is 0 Å². The molecule has 0 saturated carbocycles. The van der Waals surface area contributed by atoms with E-state index in [1.807, 2.05) is 55.1 Å². The van der Waals surface area contributed by atoms with Gasteiger partial charge in [-0.15, -0.1) is 0 Å². The Kier molecular flexibility index (Phi) is 5.00. The van der Waals surface area contributed by atoms with Crippen LogP contribution in [0.2, 0.25) is 0 Å². The summed E-state index contributed by atoms with van der Waals surface area (Å²) in [6.07, 6.45) is 2.39. The van der Waals surface area contributed by atoms with E-state index >= 15 is 0 Å². The molecule has 1 atom stereocenters. The highest BCUT2D eigenvalue weighted by Crippen LogP contribution is 2.28. The Labute approximate surface area is 143 Å². The van der Waals surface area contributed by atoms with Gasteiger partial charge in [-0.2, -0.15) is 0 Å². The number of benzene rings is 1. The van der Waals surface area contributed by atoms with Crippen LogP contribution in [0, 0.1) is 0 Å². The van der Waals surface area contributed by atoms with Crippen LogP contribution in [0.1, 0.15) is 32.4 Å². The molecule has 1 aromatic heterocycles. The van der Waals surface area contributed by atoms with E-state index in [2.05, 4.69) is 10.5 Å². The molecule has 0 aliphatic carbocycles. The zero-order valence-corrected chi connectivity index (χ0v) is 14.4. The number of carbonyl (C=O) groups is 1. The summed E-state index contributed by atoms with van der Waals surface area (Å²) in [5.74, 6) is 0.923. The van der Waals surface area contributed by atoms with Crippen molar-refractivity contribution in [2.75, 3.05) is 19.6 Å². The van der Waals surface area contributed by atoms with Gasteiger partial charge in [0.1, 0.15) is 17.0 Å². The van der Waals surface area contributed by atoms with Crippen molar-refractivity contribution in [1.82, 2.24) is 15.4 Å². The SMILES string of the molecule is CCN(CC)C(=O)[C@]1(Cc2cc(-c3ccccc3)no2)CCCN1. The molecule has 5 heteroatoms. The number of amides is 1. The lowest BCUT2D eigenvalue weighted by Crippen LogP contribution is -2.56. The fraction of sp³-hybridized carbons (Fsp3) is 0.474. The van der Waals surface area contributed by atoms with Gasteiger partial charge in [0.2, 0.25) is 5.91 Å². The third-order valence-corrected chi connectivity index (χ3v) is 4.81. The normalized spacial score (nSPS) is 20.2. The number of aromatic nitrogens is 1. The van der Waals surface area contributed by atoms with Crippen molar-refractivity contribution in [3.63, 3.8) is 0 Å². The van der Waals surface area contributed by atoms with Gasteiger partial charge in [-0.1, -0.05) is 35.5 Å². The first-order chi connectivity index (χ1) is 11.7. The Morgan fingerprint density at radius 3 is 2.67 bits per heavy atom. The van der Waals surface area contributed by atoms with Gasteiger partial charge in [-0.3, -0.25) is 4.79 Å². The maximum absolute atomic E-state index is 13.0. The molecule has 1 saturated heterocycles. The summed E-state index contributed by atoms with van der Waals surface area (Å²) >= 11 is 0. The molecule has 1 aromatic carbocycles. The minimum atomic E-state index is -0.556. The van der Waals surface area contributed by atoms with Crippen LogP contribution in [-0.2, 0) is 11.2 Å². The number of carbonyl (C=O) groups excluding carboxylic acids is 1. The monoisotopic (exact) mass is 327 g/mol. The maximum Gasteiger partial charge on any atom is 0.243 e. The second-order valence-electron chi connectivity index (χ2n) is 6.31. The lowest BCUT2D eigenvalue weighted by atomic mass is 9.90. The number of hydrogen-bond acceptors (Lipinski definition) is 4. The molecular formula is C19H25N3O2. The fourth-order valence-electron chi connectivity index (χ4n) is 3.47. The van der Waals surface area contributed by atoms with E-state index in [4.69, 9.17) is 4.52 Å². The largest absolute Gasteiger partial charge is 0.361 e. The second kappa shape index (κ2) is 7.18. The summed E-state index contributed by atoms with van der Waals surface area (Å²) < 4.78 is 5.54. The van der Waals surface area contributed by atoms with Crippen LogP contribution in [0.25, 0.3) is 11.3 Å². The number of nitrogens with zero attached hydrogens (tertiary/aromatic N) is 2. The predicted molar refractivity (Wildman–Crippen MR) is 93.5 cm³/mol. The van der Waals surface area contributed by atoms with E-state index in [1.54, 1.807) is 0 Å². The Morgan fingerprint density at radius 2 is 2.04 bits per heavy atom. The highest BCUT2D eigenvalue weighted by molar-refractivity contribution is 5.87. The van der Waals surface area contributed by atoms with Gasteiger partial charge < -0.3 is 14.7 Å². The Hall–Kier alpha value is -2.14. The zero-order chi connectivity index (χ0) is 17.0. The molecular weight excluding hydrogens is 302 g/mol. The highest BCUT2D eigenvalue weighted by atomic mass is 16.5. The standard InChI is InChI=1S/C19H25N3O2/c1-3-22(4-2)18(23)19(11-8-12-20-19)14-16-13-17(21-24-16)15-9-6-5-7-10-15/h5-7,9-10,13,20H,3-4,8,11-12,14H2,1-2H3/t19-/m1/s1.